The SMILES string of the molecule is NC(=O)c1c(Cl)c(Cl)c(Cl)c(Cl)c1C(=O)NCl. The van der Waals surface area contributed by atoms with E-state index in [2.05, 4.69) is 0 Å². The Morgan fingerprint density at radius 2 is 1.29 bits per heavy atom. The van der Waals surface area contributed by atoms with Crippen LogP contribution in [-0.4, -0.2) is 11.8 Å². The molecular weight excluding hydrogens is 333 g/mol. The summed E-state index contributed by atoms with van der Waals surface area (Å²) < 4.78 is 0. The van der Waals surface area contributed by atoms with Gasteiger partial charge in [0.25, 0.3) is 11.8 Å². The van der Waals surface area contributed by atoms with Gasteiger partial charge in [0.05, 0.1) is 31.2 Å². The summed E-state index contributed by atoms with van der Waals surface area (Å²) in [7, 11) is 0. The molecule has 0 bridgehead atoms. The topological polar surface area (TPSA) is 72.2 Å². The van der Waals surface area contributed by atoms with E-state index in [4.69, 9.17) is 63.9 Å². The molecule has 1 aromatic rings. The molecule has 0 aliphatic carbocycles. The van der Waals surface area contributed by atoms with Gasteiger partial charge in [-0.2, -0.15) is 0 Å². The summed E-state index contributed by atoms with van der Waals surface area (Å²) in [5.41, 5.74) is 4.42. The Morgan fingerprint density at radius 1 is 0.882 bits per heavy atom. The number of carbonyl (C=O) groups excluding carboxylic acids is 2. The third-order valence-corrected chi connectivity index (χ3v) is 3.80. The molecule has 0 heterocycles. The molecule has 17 heavy (non-hydrogen) atoms. The van der Waals surface area contributed by atoms with Crippen molar-refractivity contribution in [2.45, 2.75) is 0 Å². The number of hydrogen-bond donors (Lipinski definition) is 2. The third-order valence-electron chi connectivity index (χ3n) is 1.83. The van der Waals surface area contributed by atoms with E-state index in [1.165, 1.54) is 0 Å². The zero-order valence-electron chi connectivity index (χ0n) is 7.78. The molecule has 0 fully saturated rings. The maximum atomic E-state index is 11.5. The number of benzene rings is 1. The lowest BCUT2D eigenvalue weighted by molar-refractivity contribution is 0.0956. The van der Waals surface area contributed by atoms with Crippen LogP contribution in [-0.2, 0) is 0 Å². The predicted octanol–water partition coefficient (Wildman–Crippen LogP) is 3.28. The Hall–Kier alpha value is -0.390. The Kier molecular flexibility index (Phi) is 4.75. The van der Waals surface area contributed by atoms with Crippen molar-refractivity contribution < 1.29 is 9.59 Å². The highest BCUT2D eigenvalue weighted by Gasteiger charge is 2.27. The molecule has 0 atom stereocenters. The molecular formula is C8H3Cl5N2O2. The molecule has 0 radical (unpaired) electrons. The number of primary amides is 1. The molecule has 1 aromatic carbocycles. The van der Waals surface area contributed by atoms with E-state index < -0.39 is 11.8 Å². The van der Waals surface area contributed by atoms with Crippen LogP contribution in [0.25, 0.3) is 0 Å². The van der Waals surface area contributed by atoms with E-state index in [0.717, 1.165) is 0 Å². The first-order chi connectivity index (χ1) is 7.82. The first-order valence-corrected chi connectivity index (χ1v) is 5.78. The first-order valence-electron chi connectivity index (χ1n) is 3.89. The monoisotopic (exact) mass is 334 g/mol. The molecule has 0 aliphatic heterocycles. The van der Waals surface area contributed by atoms with Crippen LogP contribution < -0.4 is 10.6 Å². The molecule has 0 saturated carbocycles. The van der Waals surface area contributed by atoms with E-state index in [0.29, 0.717) is 0 Å². The van der Waals surface area contributed by atoms with Gasteiger partial charge in [-0.1, -0.05) is 46.4 Å². The van der Waals surface area contributed by atoms with Crippen LogP contribution in [0.5, 0.6) is 0 Å². The number of nitrogens with one attached hydrogen (secondary N) is 1. The zero-order valence-corrected chi connectivity index (χ0v) is 11.6. The summed E-state index contributed by atoms with van der Waals surface area (Å²) in [4.78, 5) is 24.5. The molecule has 9 heteroatoms. The molecule has 1 rings (SSSR count). The minimum absolute atomic E-state index is 0.168. The first kappa shape index (κ1) is 14.7. The van der Waals surface area contributed by atoms with Crippen LogP contribution >= 0.6 is 58.2 Å². The summed E-state index contributed by atoms with van der Waals surface area (Å²) in [6.45, 7) is 0. The Bertz CT molecular complexity index is 517. The highest BCUT2D eigenvalue weighted by atomic mass is 35.5. The second-order valence-corrected chi connectivity index (χ2v) is 4.49. The number of rotatable bonds is 2. The number of nitrogens with two attached hydrogens (primary N) is 1. The van der Waals surface area contributed by atoms with E-state index >= 15 is 0 Å². The van der Waals surface area contributed by atoms with Crippen molar-refractivity contribution in [3.63, 3.8) is 0 Å². The van der Waals surface area contributed by atoms with Crippen LogP contribution in [0.1, 0.15) is 20.7 Å². The van der Waals surface area contributed by atoms with Crippen molar-refractivity contribution >= 4 is 70.0 Å². The molecule has 2 amide bonds. The highest BCUT2D eigenvalue weighted by molar-refractivity contribution is 6.54. The van der Waals surface area contributed by atoms with Crippen molar-refractivity contribution in [1.82, 2.24) is 4.84 Å². The summed E-state index contributed by atoms with van der Waals surface area (Å²) in [5.74, 6) is -1.85. The van der Waals surface area contributed by atoms with Crippen LogP contribution in [0.4, 0.5) is 0 Å². The predicted molar refractivity (Wildman–Crippen MR) is 68.3 cm³/mol. The Balaban J connectivity index is 3.78. The van der Waals surface area contributed by atoms with Gasteiger partial charge in [-0.05, 0) is 0 Å². The lowest BCUT2D eigenvalue weighted by Crippen LogP contribution is -2.22. The largest absolute Gasteiger partial charge is 0.366 e. The Labute approximate surface area is 121 Å². The standard InChI is InChI=1S/C8H3Cl5N2O2/c9-3-1(7(14)16)2(8(17)15-13)4(10)6(12)5(3)11/h(H2,14,16)(H,15,17). The summed E-state index contributed by atoms with van der Waals surface area (Å²) in [6.07, 6.45) is 0. The summed E-state index contributed by atoms with van der Waals surface area (Å²) in [5, 5.41) is -0.853. The van der Waals surface area contributed by atoms with Gasteiger partial charge in [0.15, 0.2) is 0 Å². The van der Waals surface area contributed by atoms with Gasteiger partial charge >= 0.3 is 0 Å². The molecule has 92 valence electrons. The molecule has 0 aromatic heterocycles. The van der Waals surface area contributed by atoms with E-state index in [9.17, 15) is 9.59 Å². The maximum Gasteiger partial charge on any atom is 0.268 e. The summed E-state index contributed by atoms with van der Waals surface area (Å²) in [6, 6.07) is 0. The number of amides is 2. The summed E-state index contributed by atoms with van der Waals surface area (Å²) >= 11 is 28.2. The van der Waals surface area contributed by atoms with Gasteiger partial charge in [0.2, 0.25) is 0 Å². The van der Waals surface area contributed by atoms with Crippen molar-refractivity contribution in [1.29, 1.82) is 0 Å². The fourth-order valence-corrected chi connectivity index (χ4v) is 2.25. The van der Waals surface area contributed by atoms with Crippen LogP contribution in [0.2, 0.25) is 20.1 Å². The zero-order chi connectivity index (χ0) is 13.3. The van der Waals surface area contributed by atoms with E-state index in [-0.39, 0.29) is 31.2 Å². The highest BCUT2D eigenvalue weighted by Crippen LogP contribution is 2.41. The quantitative estimate of drug-likeness (QED) is 0.494. The minimum atomic E-state index is -0.981. The van der Waals surface area contributed by atoms with Crippen LogP contribution in [0, 0.1) is 0 Å². The van der Waals surface area contributed by atoms with Crippen LogP contribution in [0.3, 0.4) is 0 Å². The lowest BCUT2D eigenvalue weighted by atomic mass is 10.1. The molecule has 4 nitrogen and oxygen atoms in total. The minimum Gasteiger partial charge on any atom is -0.366 e. The lowest BCUT2D eigenvalue weighted by Gasteiger charge is -2.12. The van der Waals surface area contributed by atoms with Crippen molar-refractivity contribution in [3.05, 3.63) is 31.2 Å². The van der Waals surface area contributed by atoms with Crippen LogP contribution in [0.15, 0.2) is 0 Å². The normalized spacial score (nSPS) is 10.2. The second-order valence-electron chi connectivity index (χ2n) is 2.79. The molecule has 0 unspecified atom stereocenters. The maximum absolute atomic E-state index is 11.5. The van der Waals surface area contributed by atoms with Gasteiger partial charge in [-0.3, -0.25) is 14.4 Å². The average Bonchev–Trinajstić information content (AvgIpc) is 2.29. The van der Waals surface area contributed by atoms with Gasteiger partial charge in [-0.15, -0.1) is 0 Å². The van der Waals surface area contributed by atoms with Gasteiger partial charge < -0.3 is 5.73 Å². The number of carbonyl (C=O) groups is 2. The number of halogens is 5. The van der Waals surface area contributed by atoms with Crippen molar-refractivity contribution in [2.24, 2.45) is 5.73 Å². The van der Waals surface area contributed by atoms with Crippen molar-refractivity contribution in [2.75, 3.05) is 0 Å². The molecule has 3 N–H and O–H groups in total. The van der Waals surface area contributed by atoms with Gasteiger partial charge in [-0.25, -0.2) is 0 Å². The molecule has 0 saturated heterocycles. The van der Waals surface area contributed by atoms with E-state index in [1.807, 2.05) is 0 Å². The fraction of sp³-hybridized carbons (Fsp3) is 0. The second kappa shape index (κ2) is 5.50. The molecule has 0 aliphatic rings. The average molecular weight is 336 g/mol. The fourth-order valence-electron chi connectivity index (χ4n) is 1.12. The van der Waals surface area contributed by atoms with Crippen molar-refractivity contribution in [3.8, 4) is 0 Å². The van der Waals surface area contributed by atoms with Gasteiger partial charge in [0.1, 0.15) is 0 Å². The Morgan fingerprint density at radius 3 is 1.65 bits per heavy atom. The number of hydrogen-bond acceptors (Lipinski definition) is 2. The van der Waals surface area contributed by atoms with Gasteiger partial charge in [0, 0.05) is 11.8 Å². The molecule has 0 spiro atoms. The van der Waals surface area contributed by atoms with E-state index in [1.54, 1.807) is 4.84 Å². The third kappa shape index (κ3) is 2.56. The smallest absolute Gasteiger partial charge is 0.268 e.